The Labute approximate surface area is 118 Å². The number of carbonyl (C=O) groups is 1. The van der Waals surface area contributed by atoms with Crippen molar-refractivity contribution < 1.29 is 4.79 Å². The maximum Gasteiger partial charge on any atom is 0.270 e. The van der Waals surface area contributed by atoms with Gasteiger partial charge in [0.05, 0.1) is 0 Å². The highest BCUT2D eigenvalue weighted by molar-refractivity contribution is 6.06. The van der Waals surface area contributed by atoms with Crippen LogP contribution in [0.15, 0.2) is 41.7 Å². The number of hydrogen-bond acceptors (Lipinski definition) is 4. The Morgan fingerprint density at radius 1 is 1.20 bits per heavy atom. The van der Waals surface area contributed by atoms with Crippen LogP contribution < -0.4 is 11.1 Å². The molecule has 104 valence electrons. The van der Waals surface area contributed by atoms with Crippen LogP contribution >= 0.6 is 0 Å². The summed E-state index contributed by atoms with van der Waals surface area (Å²) in [7, 11) is 0. The van der Waals surface area contributed by atoms with Crippen molar-refractivity contribution in [2.24, 2.45) is 5.73 Å². The molecular weight excluding hydrogens is 252 g/mol. The molecule has 20 heavy (non-hydrogen) atoms. The highest BCUT2D eigenvalue weighted by atomic mass is 16.1. The molecule has 1 aromatic carbocycles. The minimum absolute atomic E-state index is 0.0178. The summed E-state index contributed by atoms with van der Waals surface area (Å²) in [5, 5.41) is 11.9. The molecule has 1 fully saturated rings. The monoisotopic (exact) mass is 270 g/mol. The molecule has 5 heteroatoms. The van der Waals surface area contributed by atoms with Gasteiger partial charge in [-0.1, -0.05) is 18.2 Å². The highest BCUT2D eigenvalue weighted by Crippen LogP contribution is 2.15. The van der Waals surface area contributed by atoms with Crippen molar-refractivity contribution in [3.05, 3.63) is 41.7 Å². The number of rotatable bonds is 3. The Balaban J connectivity index is 2.14. The van der Waals surface area contributed by atoms with Crippen LogP contribution in [0.3, 0.4) is 0 Å². The van der Waals surface area contributed by atoms with Crippen LogP contribution in [0.25, 0.3) is 0 Å². The molecule has 0 bridgehead atoms. The largest absolute Gasteiger partial charge is 0.384 e. The van der Waals surface area contributed by atoms with E-state index in [9.17, 15) is 10.1 Å². The van der Waals surface area contributed by atoms with E-state index in [1.54, 1.807) is 12.1 Å². The second-order valence-corrected chi connectivity index (χ2v) is 4.74. The predicted molar refractivity (Wildman–Crippen MR) is 77.3 cm³/mol. The molecule has 1 saturated heterocycles. The molecule has 0 spiro atoms. The zero-order chi connectivity index (χ0) is 14.4. The first-order chi connectivity index (χ1) is 9.72. The lowest BCUT2D eigenvalue weighted by molar-refractivity contribution is -0.112. The number of likely N-dealkylation sites (tertiary alicyclic amines) is 1. The van der Waals surface area contributed by atoms with Crippen molar-refractivity contribution in [1.82, 2.24) is 4.90 Å². The topological polar surface area (TPSA) is 82.1 Å². The van der Waals surface area contributed by atoms with Crippen molar-refractivity contribution in [1.29, 1.82) is 5.26 Å². The second-order valence-electron chi connectivity index (χ2n) is 4.74. The van der Waals surface area contributed by atoms with Crippen LogP contribution in [0.4, 0.5) is 5.69 Å². The van der Waals surface area contributed by atoms with Crippen LogP contribution in [0.5, 0.6) is 0 Å². The van der Waals surface area contributed by atoms with Gasteiger partial charge in [-0.25, -0.2) is 0 Å². The zero-order valence-corrected chi connectivity index (χ0v) is 11.3. The molecule has 0 unspecified atom stereocenters. The molecule has 3 N–H and O–H groups in total. The van der Waals surface area contributed by atoms with E-state index in [0.717, 1.165) is 25.9 Å². The lowest BCUT2D eigenvalue weighted by Crippen LogP contribution is -2.35. The van der Waals surface area contributed by atoms with Gasteiger partial charge in [-0.3, -0.25) is 4.79 Å². The molecule has 0 radical (unpaired) electrons. The molecule has 5 nitrogen and oxygen atoms in total. The number of hydrogen-bond donors (Lipinski definition) is 2. The molecule has 1 aromatic rings. The number of carbonyl (C=O) groups excluding carboxylic acids is 1. The van der Waals surface area contributed by atoms with Crippen molar-refractivity contribution in [2.45, 2.75) is 19.3 Å². The minimum atomic E-state index is -0.457. The van der Waals surface area contributed by atoms with Gasteiger partial charge < -0.3 is 16.0 Å². The number of piperidine rings is 1. The number of nitrogens with one attached hydrogen (secondary N) is 1. The van der Waals surface area contributed by atoms with Gasteiger partial charge in [-0.2, -0.15) is 5.26 Å². The second kappa shape index (κ2) is 6.62. The maximum atomic E-state index is 12.1. The number of amides is 1. The Hall–Kier alpha value is -2.48. The Kier molecular flexibility index (Phi) is 4.61. The first-order valence-electron chi connectivity index (χ1n) is 6.73. The number of nitriles is 1. The molecular formula is C15H18N4O. The van der Waals surface area contributed by atoms with Crippen molar-refractivity contribution >= 4 is 11.6 Å². The zero-order valence-electron chi connectivity index (χ0n) is 11.3. The summed E-state index contributed by atoms with van der Waals surface area (Å²) >= 11 is 0. The van der Waals surface area contributed by atoms with Gasteiger partial charge in [-0.05, 0) is 31.4 Å². The number of nitrogens with two attached hydrogens (primary N) is 1. The molecule has 1 aliphatic heterocycles. The van der Waals surface area contributed by atoms with Crippen LogP contribution in [0.1, 0.15) is 19.3 Å². The Morgan fingerprint density at radius 2 is 1.85 bits per heavy atom. The SMILES string of the molecule is N#CC(C(=O)Nc1ccccc1)=C(N)N1CCCCC1. The molecule has 1 amide bonds. The van der Waals surface area contributed by atoms with Gasteiger partial charge in [-0.15, -0.1) is 0 Å². The summed E-state index contributed by atoms with van der Waals surface area (Å²) in [6.07, 6.45) is 3.25. The lowest BCUT2D eigenvalue weighted by atomic mass is 10.1. The van der Waals surface area contributed by atoms with Crippen molar-refractivity contribution in [3.63, 3.8) is 0 Å². The number of anilines is 1. The van der Waals surface area contributed by atoms with Gasteiger partial charge in [0.2, 0.25) is 0 Å². The average Bonchev–Trinajstić information content (AvgIpc) is 2.49. The van der Waals surface area contributed by atoms with Crippen molar-refractivity contribution in [3.8, 4) is 6.07 Å². The predicted octanol–water partition coefficient (Wildman–Crippen LogP) is 1.80. The summed E-state index contributed by atoms with van der Waals surface area (Å²) < 4.78 is 0. The smallest absolute Gasteiger partial charge is 0.270 e. The van der Waals surface area contributed by atoms with E-state index >= 15 is 0 Å². The molecule has 1 aliphatic rings. The number of para-hydroxylation sites is 1. The van der Waals surface area contributed by atoms with E-state index in [0.29, 0.717) is 5.69 Å². The standard InChI is InChI=1S/C15H18N4O/c16-11-13(14(17)19-9-5-2-6-10-19)15(20)18-12-7-3-1-4-8-12/h1,3-4,7-8H,2,5-6,9-10,17H2,(H,18,20). The number of nitrogens with zero attached hydrogens (tertiary/aromatic N) is 2. The summed E-state index contributed by atoms with van der Waals surface area (Å²) in [6.45, 7) is 1.60. The molecule has 0 aliphatic carbocycles. The average molecular weight is 270 g/mol. The minimum Gasteiger partial charge on any atom is -0.384 e. The summed E-state index contributed by atoms with van der Waals surface area (Å²) in [4.78, 5) is 14.0. The maximum absolute atomic E-state index is 12.1. The van der Waals surface area contributed by atoms with Crippen LogP contribution in [0.2, 0.25) is 0 Å². The number of benzene rings is 1. The lowest BCUT2D eigenvalue weighted by Gasteiger charge is -2.29. The molecule has 0 saturated carbocycles. The van der Waals surface area contributed by atoms with E-state index in [2.05, 4.69) is 5.32 Å². The summed E-state index contributed by atoms with van der Waals surface area (Å²) in [5.41, 5.74) is 6.61. The van der Waals surface area contributed by atoms with Gasteiger partial charge in [0.25, 0.3) is 5.91 Å². The van der Waals surface area contributed by atoms with Crippen LogP contribution in [-0.4, -0.2) is 23.9 Å². The summed E-state index contributed by atoms with van der Waals surface area (Å²) in [6, 6.07) is 11.0. The van der Waals surface area contributed by atoms with Crippen LogP contribution in [-0.2, 0) is 4.79 Å². The van der Waals surface area contributed by atoms with Gasteiger partial charge in [0.15, 0.2) is 5.57 Å². The fraction of sp³-hybridized carbons (Fsp3) is 0.333. The first kappa shape index (κ1) is 13.9. The fourth-order valence-electron chi connectivity index (χ4n) is 2.23. The fourth-order valence-corrected chi connectivity index (χ4v) is 2.23. The van der Waals surface area contributed by atoms with E-state index in [1.165, 1.54) is 6.42 Å². The van der Waals surface area contributed by atoms with Crippen LogP contribution in [0, 0.1) is 11.3 Å². The van der Waals surface area contributed by atoms with Gasteiger partial charge in [0, 0.05) is 18.8 Å². The van der Waals surface area contributed by atoms with E-state index in [1.807, 2.05) is 29.2 Å². The summed E-state index contributed by atoms with van der Waals surface area (Å²) in [5.74, 6) is -0.178. The van der Waals surface area contributed by atoms with E-state index in [-0.39, 0.29) is 11.4 Å². The third-order valence-corrected chi connectivity index (χ3v) is 3.32. The Bertz CT molecular complexity index is 539. The van der Waals surface area contributed by atoms with E-state index < -0.39 is 5.91 Å². The molecule has 2 rings (SSSR count). The van der Waals surface area contributed by atoms with Crippen molar-refractivity contribution in [2.75, 3.05) is 18.4 Å². The third kappa shape index (κ3) is 3.29. The molecule has 1 heterocycles. The van der Waals surface area contributed by atoms with E-state index in [4.69, 9.17) is 5.73 Å². The Morgan fingerprint density at radius 3 is 2.45 bits per heavy atom. The third-order valence-electron chi connectivity index (χ3n) is 3.32. The molecule has 0 aromatic heterocycles. The first-order valence-corrected chi connectivity index (χ1v) is 6.73. The normalized spacial score (nSPS) is 16.1. The quantitative estimate of drug-likeness (QED) is 0.648. The van der Waals surface area contributed by atoms with Gasteiger partial charge >= 0.3 is 0 Å². The molecule has 0 atom stereocenters. The highest BCUT2D eigenvalue weighted by Gasteiger charge is 2.19. The van der Waals surface area contributed by atoms with Gasteiger partial charge in [0.1, 0.15) is 11.9 Å².